The Labute approximate surface area is 204 Å². The molecule has 4 aromatic rings. The number of benzene rings is 2. The van der Waals surface area contributed by atoms with E-state index in [1.54, 1.807) is 32.2 Å². The largest absolute Gasteiger partial charge is 0.493 e. The molecule has 4 rings (SSSR count). The number of carbonyl (C=O) groups excluding carboxylic acids is 1. The lowest BCUT2D eigenvalue weighted by Gasteiger charge is -2.11. The predicted octanol–water partition coefficient (Wildman–Crippen LogP) is 5.40. The van der Waals surface area contributed by atoms with E-state index in [0.717, 1.165) is 22.5 Å². The molecule has 2 aromatic heterocycles. The average molecular weight is 497 g/mol. The van der Waals surface area contributed by atoms with Gasteiger partial charge in [0.25, 0.3) is 5.56 Å². The molecule has 0 radical (unpaired) electrons. The minimum absolute atomic E-state index is 0.195. The van der Waals surface area contributed by atoms with Gasteiger partial charge in [0.2, 0.25) is 0 Å². The number of H-pyrrole nitrogens is 1. The van der Waals surface area contributed by atoms with Gasteiger partial charge in [-0.15, -0.1) is 11.3 Å². The van der Waals surface area contributed by atoms with Crippen LogP contribution >= 0.6 is 22.9 Å². The Hall–Kier alpha value is -3.62. The van der Waals surface area contributed by atoms with E-state index in [4.69, 9.17) is 25.8 Å². The molecule has 0 aliphatic rings. The summed E-state index contributed by atoms with van der Waals surface area (Å²) in [5.41, 5.74) is 1.93. The highest BCUT2D eigenvalue weighted by Gasteiger charge is 2.20. The van der Waals surface area contributed by atoms with Crippen LogP contribution in [0.1, 0.15) is 32.2 Å². The van der Waals surface area contributed by atoms with Crippen molar-refractivity contribution in [3.05, 3.63) is 86.3 Å². The summed E-state index contributed by atoms with van der Waals surface area (Å²) >= 11 is 7.59. The zero-order valence-corrected chi connectivity index (χ0v) is 20.3. The standard InChI is InChI=1S/C25H21ClN2O5S/c1-14-20-23(29)27-22(28-24(20)34-21(14)25(30)32-3)17(26)11-16-9-10-18(19(12-16)31-2)33-13-15-7-5-4-6-8-15/h4-12H,13H2,1-3H3,(H,27,28,29)/b17-11-. The van der Waals surface area contributed by atoms with Crippen LogP contribution in [0.25, 0.3) is 21.3 Å². The third-order valence-corrected chi connectivity index (χ3v) is 6.57. The lowest BCUT2D eigenvalue weighted by molar-refractivity contribution is 0.0605. The second kappa shape index (κ2) is 10.1. The van der Waals surface area contributed by atoms with Crippen LogP contribution in [0.2, 0.25) is 0 Å². The maximum atomic E-state index is 12.7. The molecule has 0 amide bonds. The number of aromatic amines is 1. The first kappa shape index (κ1) is 23.5. The number of nitrogens with one attached hydrogen (secondary N) is 1. The number of thiophene rings is 1. The normalized spacial score (nSPS) is 11.5. The maximum absolute atomic E-state index is 12.7. The fourth-order valence-corrected chi connectivity index (χ4v) is 4.70. The number of ether oxygens (including phenoxy) is 3. The van der Waals surface area contributed by atoms with Gasteiger partial charge < -0.3 is 19.2 Å². The van der Waals surface area contributed by atoms with Crippen molar-refractivity contribution in [1.82, 2.24) is 9.97 Å². The number of hydrogen-bond donors (Lipinski definition) is 1. The van der Waals surface area contributed by atoms with Crippen molar-refractivity contribution in [2.45, 2.75) is 13.5 Å². The number of aryl methyl sites for hydroxylation is 1. The van der Waals surface area contributed by atoms with Gasteiger partial charge in [0.15, 0.2) is 17.3 Å². The van der Waals surface area contributed by atoms with Crippen LogP contribution in [0, 0.1) is 6.92 Å². The zero-order chi connectivity index (χ0) is 24.2. The molecule has 0 bridgehead atoms. The SMILES string of the molecule is COC(=O)c1sc2nc(/C(Cl)=C/c3ccc(OCc4ccccc4)c(OC)c3)[nH]c(=O)c2c1C. The molecule has 1 N–H and O–H groups in total. The number of hydrogen-bond acceptors (Lipinski definition) is 7. The summed E-state index contributed by atoms with van der Waals surface area (Å²) in [6.07, 6.45) is 1.66. The van der Waals surface area contributed by atoms with E-state index in [0.29, 0.717) is 38.8 Å². The predicted molar refractivity (Wildman–Crippen MR) is 134 cm³/mol. The molecule has 0 fully saturated rings. The van der Waals surface area contributed by atoms with Gasteiger partial charge in [0, 0.05) is 0 Å². The van der Waals surface area contributed by atoms with Crippen LogP contribution in [-0.2, 0) is 11.3 Å². The first-order valence-corrected chi connectivity index (χ1v) is 11.4. The summed E-state index contributed by atoms with van der Waals surface area (Å²) in [6.45, 7) is 2.10. The molecule has 2 aromatic carbocycles. The maximum Gasteiger partial charge on any atom is 0.348 e. The Kier molecular flexibility index (Phi) is 7.00. The molecule has 0 spiro atoms. The van der Waals surface area contributed by atoms with Crippen LogP contribution in [-0.4, -0.2) is 30.2 Å². The molecule has 2 heterocycles. The number of aromatic nitrogens is 2. The fraction of sp³-hybridized carbons (Fsp3) is 0.160. The molecule has 0 aliphatic heterocycles. The van der Waals surface area contributed by atoms with Gasteiger partial charge in [-0.05, 0) is 41.8 Å². The lowest BCUT2D eigenvalue weighted by Crippen LogP contribution is -2.10. The molecule has 0 unspecified atom stereocenters. The number of halogens is 1. The quantitative estimate of drug-likeness (QED) is 0.344. The Bertz CT molecular complexity index is 1440. The van der Waals surface area contributed by atoms with Crippen LogP contribution in [0.4, 0.5) is 0 Å². The molecule has 174 valence electrons. The second-order valence-electron chi connectivity index (χ2n) is 7.32. The second-order valence-corrected chi connectivity index (χ2v) is 8.73. The third-order valence-electron chi connectivity index (χ3n) is 5.12. The van der Waals surface area contributed by atoms with Crippen LogP contribution in [0.15, 0.2) is 53.3 Å². The smallest absolute Gasteiger partial charge is 0.348 e. The fourth-order valence-electron chi connectivity index (χ4n) is 3.39. The van der Waals surface area contributed by atoms with E-state index < -0.39 is 5.97 Å². The van der Waals surface area contributed by atoms with Crippen molar-refractivity contribution in [2.24, 2.45) is 0 Å². The number of fused-ring (bicyclic) bond motifs is 1. The average Bonchev–Trinajstić information content (AvgIpc) is 3.19. The van der Waals surface area contributed by atoms with E-state index >= 15 is 0 Å². The van der Waals surface area contributed by atoms with Gasteiger partial charge >= 0.3 is 5.97 Å². The molecule has 0 saturated carbocycles. The van der Waals surface area contributed by atoms with Crippen LogP contribution in [0.5, 0.6) is 11.5 Å². The Morgan fingerprint density at radius 3 is 2.62 bits per heavy atom. The first-order chi connectivity index (χ1) is 16.4. The summed E-state index contributed by atoms with van der Waals surface area (Å²) in [6, 6.07) is 15.2. The first-order valence-electron chi connectivity index (χ1n) is 10.2. The van der Waals surface area contributed by atoms with E-state index in [2.05, 4.69) is 9.97 Å². The lowest BCUT2D eigenvalue weighted by atomic mass is 10.1. The minimum atomic E-state index is -0.509. The molecule has 0 atom stereocenters. The van der Waals surface area contributed by atoms with Gasteiger partial charge in [-0.2, -0.15) is 0 Å². The topological polar surface area (TPSA) is 90.5 Å². The number of esters is 1. The van der Waals surface area contributed by atoms with Gasteiger partial charge in [-0.25, -0.2) is 9.78 Å². The highest BCUT2D eigenvalue weighted by molar-refractivity contribution is 7.20. The Balaban J connectivity index is 1.62. The van der Waals surface area contributed by atoms with E-state index in [1.165, 1.54) is 7.11 Å². The van der Waals surface area contributed by atoms with Crippen molar-refractivity contribution < 1.29 is 19.0 Å². The van der Waals surface area contributed by atoms with Crippen molar-refractivity contribution in [2.75, 3.05) is 14.2 Å². The Morgan fingerprint density at radius 2 is 1.91 bits per heavy atom. The molecular weight excluding hydrogens is 476 g/mol. The molecular formula is C25H21ClN2O5S. The summed E-state index contributed by atoms with van der Waals surface area (Å²) in [7, 11) is 2.85. The van der Waals surface area contributed by atoms with Crippen molar-refractivity contribution >= 4 is 50.2 Å². The highest BCUT2D eigenvalue weighted by Crippen LogP contribution is 2.32. The van der Waals surface area contributed by atoms with Gasteiger partial charge in [0.05, 0.1) is 24.6 Å². The number of carbonyl (C=O) groups is 1. The minimum Gasteiger partial charge on any atom is -0.493 e. The van der Waals surface area contributed by atoms with Crippen molar-refractivity contribution in [3.63, 3.8) is 0 Å². The van der Waals surface area contributed by atoms with Gasteiger partial charge in [-0.3, -0.25) is 4.79 Å². The monoisotopic (exact) mass is 496 g/mol. The number of nitrogens with zero attached hydrogens (tertiary/aromatic N) is 1. The van der Waals surface area contributed by atoms with Gasteiger partial charge in [-0.1, -0.05) is 48.0 Å². The molecule has 34 heavy (non-hydrogen) atoms. The molecule has 9 heteroatoms. The van der Waals surface area contributed by atoms with Crippen molar-refractivity contribution in [1.29, 1.82) is 0 Å². The summed E-state index contributed by atoms with van der Waals surface area (Å²) in [5, 5.41) is 0.574. The number of methoxy groups -OCH3 is 2. The number of rotatable bonds is 7. The van der Waals surface area contributed by atoms with Gasteiger partial charge in [0.1, 0.15) is 16.3 Å². The highest BCUT2D eigenvalue weighted by atomic mass is 35.5. The third kappa shape index (κ3) is 4.83. The van der Waals surface area contributed by atoms with E-state index in [9.17, 15) is 9.59 Å². The zero-order valence-electron chi connectivity index (χ0n) is 18.7. The van der Waals surface area contributed by atoms with Crippen molar-refractivity contribution in [3.8, 4) is 11.5 Å². The summed E-state index contributed by atoms with van der Waals surface area (Å²) < 4.78 is 16.2. The Morgan fingerprint density at radius 1 is 1.15 bits per heavy atom. The van der Waals surface area contributed by atoms with E-state index in [-0.39, 0.29) is 16.4 Å². The molecule has 0 aliphatic carbocycles. The van der Waals surface area contributed by atoms with Crippen LogP contribution < -0.4 is 15.0 Å². The summed E-state index contributed by atoms with van der Waals surface area (Å²) in [4.78, 5) is 32.5. The van der Waals surface area contributed by atoms with Crippen LogP contribution in [0.3, 0.4) is 0 Å². The molecule has 0 saturated heterocycles. The van der Waals surface area contributed by atoms with E-state index in [1.807, 2.05) is 36.4 Å². The molecule has 7 nitrogen and oxygen atoms in total. The summed E-state index contributed by atoms with van der Waals surface area (Å²) in [5.74, 6) is 0.824.